The minimum atomic E-state index is -0.268. The lowest BCUT2D eigenvalue weighted by Crippen LogP contribution is -2.08. The van der Waals surface area contributed by atoms with Crippen LogP contribution in [0.15, 0.2) is 18.2 Å². The molecule has 0 radical (unpaired) electrons. The number of benzene rings is 1. The van der Waals surface area contributed by atoms with Crippen molar-refractivity contribution in [1.82, 2.24) is 0 Å². The molecule has 18 heavy (non-hydrogen) atoms. The second-order valence-electron chi connectivity index (χ2n) is 3.92. The second-order valence-corrected chi connectivity index (χ2v) is 4.30. The van der Waals surface area contributed by atoms with Crippen molar-refractivity contribution in [2.24, 2.45) is 0 Å². The van der Waals surface area contributed by atoms with Crippen LogP contribution in [0.4, 0.5) is 0 Å². The van der Waals surface area contributed by atoms with Crippen LogP contribution in [-0.2, 0) is 22.4 Å². The molecule has 96 valence electrons. The third kappa shape index (κ3) is 4.77. The Kier molecular flexibility index (Phi) is 6.24. The summed E-state index contributed by atoms with van der Waals surface area (Å²) < 4.78 is 4.90. The number of hydrogen-bond acceptors (Lipinski definition) is 3. The van der Waals surface area contributed by atoms with E-state index in [1.807, 2.05) is 12.1 Å². The Morgan fingerprint density at radius 1 is 1.39 bits per heavy atom. The molecule has 0 aromatic heterocycles. The zero-order chi connectivity index (χ0) is 13.4. The van der Waals surface area contributed by atoms with Crippen LogP contribution in [0, 0.1) is 11.3 Å². The molecular weight excluding hydrogens is 250 g/mol. The van der Waals surface area contributed by atoms with Gasteiger partial charge in [-0.25, -0.2) is 0 Å². The summed E-state index contributed by atoms with van der Waals surface area (Å²) in [7, 11) is 0. The third-order valence-corrected chi connectivity index (χ3v) is 2.70. The Hall–Kier alpha value is -1.53. The molecule has 0 fully saturated rings. The number of aryl methyl sites for hydroxylation is 1. The van der Waals surface area contributed by atoms with Crippen LogP contribution in [0.3, 0.4) is 0 Å². The monoisotopic (exact) mass is 265 g/mol. The second kappa shape index (κ2) is 7.73. The molecular formula is C14H16ClNO2. The molecule has 0 amide bonds. The fraction of sp³-hybridized carbons (Fsp3) is 0.429. The quantitative estimate of drug-likeness (QED) is 0.587. The summed E-state index contributed by atoms with van der Waals surface area (Å²) in [6, 6.07) is 7.60. The molecule has 0 unspecified atom stereocenters. The summed E-state index contributed by atoms with van der Waals surface area (Å²) in [5.41, 5.74) is 2.42. The van der Waals surface area contributed by atoms with E-state index >= 15 is 0 Å². The molecule has 0 aliphatic heterocycles. The number of ether oxygens (including phenoxy) is 1. The predicted molar refractivity (Wildman–Crippen MR) is 70.5 cm³/mol. The van der Waals surface area contributed by atoms with Gasteiger partial charge in [0.25, 0.3) is 0 Å². The molecule has 0 atom stereocenters. The normalized spacial score (nSPS) is 9.83. The summed E-state index contributed by atoms with van der Waals surface area (Å²) in [6.07, 6.45) is 1.88. The highest BCUT2D eigenvalue weighted by Crippen LogP contribution is 2.13. The number of carbonyl (C=O) groups excluding carboxylic acids is 1. The Bertz CT molecular complexity index is 452. The first-order valence-corrected chi connectivity index (χ1v) is 6.47. The van der Waals surface area contributed by atoms with E-state index in [2.05, 4.69) is 6.07 Å². The topological polar surface area (TPSA) is 50.1 Å². The molecule has 4 heteroatoms. The number of esters is 1. The maximum absolute atomic E-state index is 11.4. The maximum Gasteiger partial charge on any atom is 0.310 e. The van der Waals surface area contributed by atoms with E-state index in [9.17, 15) is 4.79 Å². The molecule has 0 saturated heterocycles. The molecule has 0 aliphatic carbocycles. The summed E-state index contributed by atoms with van der Waals surface area (Å²) in [4.78, 5) is 11.4. The molecule has 1 rings (SSSR count). The smallest absolute Gasteiger partial charge is 0.310 e. The number of alkyl halides is 1. The van der Waals surface area contributed by atoms with Crippen molar-refractivity contribution >= 4 is 17.6 Å². The van der Waals surface area contributed by atoms with E-state index in [1.165, 1.54) is 0 Å². The summed E-state index contributed by atoms with van der Waals surface area (Å²) in [6.45, 7) is 2.14. The van der Waals surface area contributed by atoms with Gasteiger partial charge in [0, 0.05) is 5.88 Å². The molecule has 3 nitrogen and oxygen atoms in total. The molecule has 0 heterocycles. The first-order valence-electron chi connectivity index (χ1n) is 5.94. The number of nitriles is 1. The van der Waals surface area contributed by atoms with Gasteiger partial charge in [0.1, 0.15) is 0 Å². The van der Waals surface area contributed by atoms with E-state index in [0.717, 1.165) is 24.0 Å². The van der Waals surface area contributed by atoms with Crippen LogP contribution < -0.4 is 0 Å². The highest BCUT2D eigenvalue weighted by molar-refractivity contribution is 6.17. The summed E-state index contributed by atoms with van der Waals surface area (Å²) >= 11 is 5.65. The van der Waals surface area contributed by atoms with Gasteiger partial charge in [0.2, 0.25) is 0 Å². The standard InChI is InChI=1S/C14H16ClNO2/c1-2-18-14(17)9-12-6-11(4-3-5-15)7-13(8-12)10-16/h6-8H,2-5,9H2,1H3. The third-order valence-electron chi connectivity index (χ3n) is 2.43. The van der Waals surface area contributed by atoms with Gasteiger partial charge in [0.15, 0.2) is 0 Å². The molecule has 1 aromatic carbocycles. The van der Waals surface area contributed by atoms with Gasteiger partial charge in [-0.15, -0.1) is 11.6 Å². The van der Waals surface area contributed by atoms with Crippen molar-refractivity contribution in [1.29, 1.82) is 5.26 Å². The van der Waals surface area contributed by atoms with E-state index < -0.39 is 0 Å². The molecule has 0 aliphatic rings. The zero-order valence-electron chi connectivity index (χ0n) is 10.4. The predicted octanol–water partition coefficient (Wildman–Crippen LogP) is 2.84. The minimum absolute atomic E-state index is 0.206. The Morgan fingerprint density at radius 2 is 2.11 bits per heavy atom. The first-order chi connectivity index (χ1) is 8.69. The van der Waals surface area contributed by atoms with Crippen molar-refractivity contribution in [3.05, 3.63) is 34.9 Å². The fourth-order valence-electron chi connectivity index (χ4n) is 1.72. The minimum Gasteiger partial charge on any atom is -0.466 e. The van der Waals surface area contributed by atoms with Gasteiger partial charge in [-0.1, -0.05) is 6.07 Å². The molecule has 0 N–H and O–H groups in total. The number of hydrogen-bond donors (Lipinski definition) is 0. The fourth-order valence-corrected chi connectivity index (χ4v) is 1.86. The highest BCUT2D eigenvalue weighted by atomic mass is 35.5. The van der Waals surface area contributed by atoms with E-state index in [4.69, 9.17) is 21.6 Å². The number of nitrogens with zero attached hydrogens (tertiary/aromatic N) is 1. The van der Waals surface area contributed by atoms with Crippen LogP contribution in [0.2, 0.25) is 0 Å². The largest absolute Gasteiger partial charge is 0.466 e. The Morgan fingerprint density at radius 3 is 2.72 bits per heavy atom. The Balaban J connectivity index is 2.83. The number of carbonyl (C=O) groups is 1. The van der Waals surface area contributed by atoms with Crippen molar-refractivity contribution in [2.75, 3.05) is 12.5 Å². The molecule has 0 bridgehead atoms. The molecule has 0 spiro atoms. The lowest BCUT2D eigenvalue weighted by molar-refractivity contribution is -0.142. The summed E-state index contributed by atoms with van der Waals surface area (Å²) in [5, 5.41) is 8.96. The highest BCUT2D eigenvalue weighted by Gasteiger charge is 2.07. The molecule has 0 saturated carbocycles. The van der Waals surface area contributed by atoms with E-state index in [0.29, 0.717) is 18.1 Å². The number of rotatable bonds is 6. The Labute approximate surface area is 112 Å². The lowest BCUT2D eigenvalue weighted by atomic mass is 10.0. The average Bonchev–Trinajstić information content (AvgIpc) is 2.36. The van der Waals surface area contributed by atoms with Crippen molar-refractivity contribution in [3.63, 3.8) is 0 Å². The van der Waals surface area contributed by atoms with Gasteiger partial charge in [-0.05, 0) is 43.0 Å². The van der Waals surface area contributed by atoms with E-state index in [-0.39, 0.29) is 12.4 Å². The van der Waals surface area contributed by atoms with Crippen LogP contribution in [-0.4, -0.2) is 18.5 Å². The average molecular weight is 266 g/mol. The maximum atomic E-state index is 11.4. The first kappa shape index (κ1) is 14.5. The SMILES string of the molecule is CCOC(=O)Cc1cc(C#N)cc(CCCCl)c1. The summed E-state index contributed by atoms with van der Waals surface area (Å²) in [5.74, 6) is 0.320. The van der Waals surface area contributed by atoms with Gasteiger partial charge in [0.05, 0.1) is 24.7 Å². The van der Waals surface area contributed by atoms with Crippen molar-refractivity contribution in [2.45, 2.75) is 26.2 Å². The number of halogens is 1. The van der Waals surface area contributed by atoms with Gasteiger partial charge < -0.3 is 4.74 Å². The van der Waals surface area contributed by atoms with Crippen molar-refractivity contribution in [3.8, 4) is 6.07 Å². The van der Waals surface area contributed by atoms with Crippen LogP contribution >= 0.6 is 11.6 Å². The van der Waals surface area contributed by atoms with Crippen LogP contribution in [0.1, 0.15) is 30.0 Å². The zero-order valence-corrected chi connectivity index (χ0v) is 11.2. The van der Waals surface area contributed by atoms with Crippen LogP contribution in [0.5, 0.6) is 0 Å². The lowest BCUT2D eigenvalue weighted by Gasteiger charge is -2.06. The van der Waals surface area contributed by atoms with Crippen LogP contribution in [0.25, 0.3) is 0 Å². The molecule has 1 aromatic rings. The van der Waals surface area contributed by atoms with Gasteiger partial charge in [-0.3, -0.25) is 4.79 Å². The van der Waals surface area contributed by atoms with E-state index in [1.54, 1.807) is 13.0 Å². The van der Waals surface area contributed by atoms with Gasteiger partial charge in [-0.2, -0.15) is 5.26 Å². The van der Waals surface area contributed by atoms with Crippen molar-refractivity contribution < 1.29 is 9.53 Å². The van der Waals surface area contributed by atoms with Gasteiger partial charge >= 0.3 is 5.97 Å².